The number of piperidine rings is 1. The van der Waals surface area contributed by atoms with Crippen LogP contribution in [0.25, 0.3) is 0 Å². The monoisotopic (exact) mass is 339 g/mol. The molecule has 2 aliphatic heterocycles. The van der Waals surface area contributed by atoms with E-state index in [0.29, 0.717) is 12.1 Å². The highest BCUT2D eigenvalue weighted by Gasteiger charge is 2.20. The van der Waals surface area contributed by atoms with Crippen LogP contribution in [-0.4, -0.2) is 86.9 Å². The fraction of sp³-hybridized carbons (Fsp3) is 0.944. The molecule has 2 aliphatic rings. The average Bonchev–Trinajstić information content (AvgIpc) is 2.62. The first-order valence-corrected chi connectivity index (χ1v) is 9.82. The van der Waals surface area contributed by atoms with Crippen molar-refractivity contribution >= 4 is 5.96 Å². The van der Waals surface area contributed by atoms with Crippen LogP contribution in [-0.2, 0) is 4.74 Å². The third-order valence-corrected chi connectivity index (χ3v) is 5.00. The van der Waals surface area contributed by atoms with Gasteiger partial charge in [-0.15, -0.1) is 0 Å². The van der Waals surface area contributed by atoms with Crippen molar-refractivity contribution in [2.45, 2.75) is 52.1 Å². The van der Waals surface area contributed by atoms with Crippen molar-refractivity contribution in [1.82, 2.24) is 20.4 Å². The van der Waals surface area contributed by atoms with Crippen LogP contribution in [0, 0.1) is 0 Å². The second-order valence-corrected chi connectivity index (χ2v) is 6.98. The van der Waals surface area contributed by atoms with Crippen LogP contribution in [0.2, 0.25) is 0 Å². The lowest BCUT2D eigenvalue weighted by atomic mass is 10.1. The Bertz CT molecular complexity index is 362. The third kappa shape index (κ3) is 6.57. The fourth-order valence-corrected chi connectivity index (χ4v) is 3.49. The Labute approximate surface area is 148 Å². The molecule has 6 heteroatoms. The van der Waals surface area contributed by atoms with Gasteiger partial charge in [0.05, 0.1) is 19.8 Å². The lowest BCUT2D eigenvalue weighted by Crippen LogP contribution is -2.49. The van der Waals surface area contributed by atoms with Gasteiger partial charge in [-0.3, -0.25) is 9.89 Å². The van der Waals surface area contributed by atoms with E-state index in [1.807, 2.05) is 0 Å². The van der Waals surface area contributed by atoms with Gasteiger partial charge in [0.2, 0.25) is 0 Å². The number of aliphatic imine (C=N–C) groups is 1. The molecule has 6 nitrogen and oxygen atoms in total. The van der Waals surface area contributed by atoms with Crippen LogP contribution in [0.1, 0.15) is 40.0 Å². The normalized spacial score (nSPS) is 23.2. The van der Waals surface area contributed by atoms with Gasteiger partial charge in [-0.25, -0.2) is 0 Å². The van der Waals surface area contributed by atoms with Crippen molar-refractivity contribution in [3.63, 3.8) is 0 Å². The predicted molar refractivity (Wildman–Crippen MR) is 101 cm³/mol. The molecule has 0 aromatic heterocycles. The van der Waals surface area contributed by atoms with E-state index in [-0.39, 0.29) is 0 Å². The van der Waals surface area contributed by atoms with Gasteiger partial charge < -0.3 is 20.3 Å². The molecule has 0 aliphatic carbocycles. The quantitative estimate of drug-likeness (QED) is 0.538. The van der Waals surface area contributed by atoms with Gasteiger partial charge in [0, 0.05) is 44.8 Å². The second-order valence-electron chi connectivity index (χ2n) is 6.98. The van der Waals surface area contributed by atoms with Crippen molar-refractivity contribution in [2.24, 2.45) is 4.99 Å². The van der Waals surface area contributed by atoms with Gasteiger partial charge in [0.25, 0.3) is 0 Å². The lowest BCUT2D eigenvalue weighted by Gasteiger charge is -2.33. The van der Waals surface area contributed by atoms with Crippen LogP contribution >= 0.6 is 0 Å². The Morgan fingerprint density at radius 1 is 1.17 bits per heavy atom. The lowest BCUT2D eigenvalue weighted by molar-refractivity contribution is 0.0220. The van der Waals surface area contributed by atoms with Crippen LogP contribution < -0.4 is 10.6 Å². The Balaban J connectivity index is 1.78. The fourth-order valence-electron chi connectivity index (χ4n) is 3.49. The van der Waals surface area contributed by atoms with Crippen molar-refractivity contribution in [2.75, 3.05) is 59.0 Å². The standard InChI is InChI=1S/C18H37N5O/c1-4-8-22-9-6-17(7-10-22)21-18(19-5-2)20-15-16(3)23-11-13-24-14-12-23/h16-17H,4-15H2,1-3H3,(H2,19,20,21). The highest BCUT2D eigenvalue weighted by Crippen LogP contribution is 2.10. The first-order valence-electron chi connectivity index (χ1n) is 9.82. The van der Waals surface area contributed by atoms with E-state index >= 15 is 0 Å². The molecule has 0 radical (unpaired) electrons. The van der Waals surface area contributed by atoms with Gasteiger partial charge >= 0.3 is 0 Å². The number of ether oxygens (including phenoxy) is 1. The zero-order valence-corrected chi connectivity index (χ0v) is 15.9. The topological polar surface area (TPSA) is 52.1 Å². The molecule has 140 valence electrons. The molecule has 0 aromatic rings. The van der Waals surface area contributed by atoms with E-state index in [0.717, 1.165) is 45.4 Å². The summed E-state index contributed by atoms with van der Waals surface area (Å²) in [5, 5.41) is 7.05. The van der Waals surface area contributed by atoms with Gasteiger partial charge in [-0.1, -0.05) is 6.92 Å². The molecule has 2 heterocycles. The molecule has 2 rings (SSSR count). The molecule has 0 saturated carbocycles. The second kappa shape index (κ2) is 10.9. The maximum absolute atomic E-state index is 5.43. The van der Waals surface area contributed by atoms with Gasteiger partial charge in [0.15, 0.2) is 5.96 Å². The largest absolute Gasteiger partial charge is 0.379 e. The summed E-state index contributed by atoms with van der Waals surface area (Å²) in [6.45, 7) is 15.8. The molecular weight excluding hydrogens is 302 g/mol. The smallest absolute Gasteiger partial charge is 0.191 e. The van der Waals surface area contributed by atoms with E-state index in [1.165, 1.54) is 38.9 Å². The molecule has 2 fully saturated rings. The summed E-state index contributed by atoms with van der Waals surface area (Å²) in [6.07, 6.45) is 3.68. The summed E-state index contributed by atoms with van der Waals surface area (Å²) in [5.41, 5.74) is 0. The summed E-state index contributed by atoms with van der Waals surface area (Å²) in [5.74, 6) is 0.978. The minimum atomic E-state index is 0.468. The summed E-state index contributed by atoms with van der Waals surface area (Å²) >= 11 is 0. The van der Waals surface area contributed by atoms with E-state index in [9.17, 15) is 0 Å². The van der Waals surface area contributed by atoms with Crippen LogP contribution in [0.5, 0.6) is 0 Å². The zero-order chi connectivity index (χ0) is 17.2. The van der Waals surface area contributed by atoms with E-state index in [4.69, 9.17) is 9.73 Å². The maximum Gasteiger partial charge on any atom is 0.191 e. The van der Waals surface area contributed by atoms with E-state index < -0.39 is 0 Å². The summed E-state index contributed by atoms with van der Waals surface area (Å²) < 4.78 is 5.43. The first kappa shape index (κ1) is 19.5. The number of hydrogen-bond acceptors (Lipinski definition) is 4. The highest BCUT2D eigenvalue weighted by atomic mass is 16.5. The highest BCUT2D eigenvalue weighted by molar-refractivity contribution is 5.80. The molecule has 0 amide bonds. The third-order valence-electron chi connectivity index (χ3n) is 5.00. The molecule has 1 unspecified atom stereocenters. The minimum absolute atomic E-state index is 0.468. The van der Waals surface area contributed by atoms with Gasteiger partial charge in [0.1, 0.15) is 0 Å². The molecule has 0 aromatic carbocycles. The molecule has 0 spiro atoms. The Kier molecular flexibility index (Phi) is 8.84. The van der Waals surface area contributed by atoms with Crippen LogP contribution in [0.4, 0.5) is 0 Å². The molecule has 1 atom stereocenters. The van der Waals surface area contributed by atoms with Crippen molar-refractivity contribution < 1.29 is 4.74 Å². The molecule has 0 bridgehead atoms. The first-order chi connectivity index (χ1) is 11.7. The van der Waals surface area contributed by atoms with E-state index in [1.54, 1.807) is 0 Å². The zero-order valence-electron chi connectivity index (χ0n) is 15.9. The number of hydrogen-bond donors (Lipinski definition) is 2. The number of guanidine groups is 1. The number of nitrogens with zero attached hydrogens (tertiary/aromatic N) is 3. The van der Waals surface area contributed by atoms with Gasteiger partial charge in [-0.2, -0.15) is 0 Å². The van der Waals surface area contributed by atoms with Gasteiger partial charge in [-0.05, 0) is 39.7 Å². The molecule has 2 N–H and O–H groups in total. The molecule has 2 saturated heterocycles. The minimum Gasteiger partial charge on any atom is -0.379 e. The van der Waals surface area contributed by atoms with Crippen molar-refractivity contribution in [3.8, 4) is 0 Å². The number of morpholine rings is 1. The Hall–Kier alpha value is -0.850. The van der Waals surface area contributed by atoms with Crippen LogP contribution in [0.15, 0.2) is 4.99 Å². The number of likely N-dealkylation sites (tertiary alicyclic amines) is 1. The van der Waals surface area contributed by atoms with Crippen LogP contribution in [0.3, 0.4) is 0 Å². The summed E-state index contributed by atoms with van der Waals surface area (Å²) in [6, 6.07) is 1.02. The summed E-state index contributed by atoms with van der Waals surface area (Å²) in [4.78, 5) is 9.88. The Morgan fingerprint density at radius 3 is 2.50 bits per heavy atom. The van der Waals surface area contributed by atoms with Crippen molar-refractivity contribution in [3.05, 3.63) is 0 Å². The van der Waals surface area contributed by atoms with Crippen molar-refractivity contribution in [1.29, 1.82) is 0 Å². The Morgan fingerprint density at radius 2 is 1.88 bits per heavy atom. The average molecular weight is 340 g/mol. The number of rotatable bonds is 7. The van der Waals surface area contributed by atoms with E-state index in [2.05, 4.69) is 41.2 Å². The summed E-state index contributed by atoms with van der Waals surface area (Å²) in [7, 11) is 0. The SMILES string of the molecule is CCCN1CCC(NC(=NCC(C)N2CCOCC2)NCC)CC1. The molecule has 24 heavy (non-hydrogen) atoms. The molecular formula is C18H37N5O. The number of nitrogens with one attached hydrogen (secondary N) is 2. The predicted octanol–water partition coefficient (Wildman–Crippen LogP) is 1.14. The maximum atomic E-state index is 5.43.